The van der Waals surface area contributed by atoms with Gasteiger partial charge in [0, 0.05) is 37.7 Å². The number of carbonyl (C=O) groups is 2. The van der Waals surface area contributed by atoms with Gasteiger partial charge < -0.3 is 15.0 Å². The molecule has 0 atom stereocenters. The van der Waals surface area contributed by atoms with Crippen LogP contribution >= 0.6 is 11.3 Å². The number of nitrogens with zero attached hydrogens (tertiary/aromatic N) is 2. The number of benzene rings is 1. The molecule has 1 aromatic heterocycles. The van der Waals surface area contributed by atoms with Crippen molar-refractivity contribution in [3.63, 3.8) is 0 Å². The first-order valence-corrected chi connectivity index (χ1v) is 8.88. The van der Waals surface area contributed by atoms with Crippen molar-refractivity contribution >= 4 is 23.2 Å². The number of hydrogen-bond acceptors (Lipinski definition) is 5. The van der Waals surface area contributed by atoms with Gasteiger partial charge in [0.15, 0.2) is 0 Å². The second-order valence-corrected chi connectivity index (χ2v) is 6.89. The number of rotatable bonds is 7. The molecule has 2 rings (SSSR count). The van der Waals surface area contributed by atoms with E-state index in [1.54, 1.807) is 36.6 Å². The lowest BCUT2D eigenvalue weighted by atomic mass is 10.1. The first kappa shape index (κ1) is 19.1. The lowest BCUT2D eigenvalue weighted by molar-refractivity contribution is 0.0754. The third kappa shape index (κ3) is 5.11. The molecule has 134 valence electrons. The third-order valence-electron chi connectivity index (χ3n) is 3.80. The molecular formula is C18H23N3O3S. The molecule has 0 bridgehead atoms. The van der Waals surface area contributed by atoms with Crippen LogP contribution < -0.4 is 5.32 Å². The molecule has 0 spiro atoms. The number of methoxy groups -OCH3 is 1. The van der Waals surface area contributed by atoms with Crippen molar-refractivity contribution in [3.8, 4) is 0 Å². The van der Waals surface area contributed by atoms with Crippen molar-refractivity contribution in [1.82, 2.24) is 15.2 Å². The zero-order chi connectivity index (χ0) is 18.4. The summed E-state index contributed by atoms with van der Waals surface area (Å²) in [6.45, 7) is 4.72. The normalized spacial score (nSPS) is 10.8. The van der Waals surface area contributed by atoms with E-state index in [1.165, 1.54) is 11.3 Å². The van der Waals surface area contributed by atoms with Crippen LogP contribution in [0.3, 0.4) is 0 Å². The molecule has 0 radical (unpaired) electrons. The van der Waals surface area contributed by atoms with Crippen molar-refractivity contribution in [2.75, 3.05) is 14.2 Å². The molecule has 0 aliphatic heterocycles. The molecule has 0 saturated carbocycles. The summed E-state index contributed by atoms with van der Waals surface area (Å²) in [6, 6.07) is 7.40. The Bertz CT molecular complexity index is 725. The number of ether oxygens (including phenoxy) is 1. The van der Waals surface area contributed by atoms with E-state index in [2.05, 4.69) is 10.3 Å². The van der Waals surface area contributed by atoms with Gasteiger partial charge in [-0.05, 0) is 31.5 Å². The minimum atomic E-state index is -0.224. The Morgan fingerprint density at radius 2 is 1.96 bits per heavy atom. The minimum Gasteiger partial charge on any atom is -0.378 e. The quantitative estimate of drug-likeness (QED) is 0.823. The van der Waals surface area contributed by atoms with Crippen molar-refractivity contribution < 1.29 is 14.3 Å². The first-order chi connectivity index (χ1) is 11.9. The molecule has 0 saturated heterocycles. The number of thiazole rings is 1. The topological polar surface area (TPSA) is 71.5 Å². The Kier molecular flexibility index (Phi) is 6.66. The van der Waals surface area contributed by atoms with Crippen LogP contribution in [0.15, 0.2) is 29.6 Å². The van der Waals surface area contributed by atoms with Gasteiger partial charge in [-0.2, -0.15) is 0 Å². The number of hydrogen-bond donors (Lipinski definition) is 1. The second-order valence-electron chi connectivity index (χ2n) is 5.95. The van der Waals surface area contributed by atoms with E-state index in [4.69, 9.17) is 4.74 Å². The largest absolute Gasteiger partial charge is 0.378 e. The molecule has 0 unspecified atom stereocenters. The summed E-state index contributed by atoms with van der Waals surface area (Å²) in [5, 5.41) is 5.31. The average molecular weight is 361 g/mol. The molecule has 6 nitrogen and oxygen atoms in total. The van der Waals surface area contributed by atoms with Crippen LogP contribution in [-0.2, 0) is 17.9 Å². The van der Waals surface area contributed by atoms with Crippen molar-refractivity contribution in [1.29, 1.82) is 0 Å². The molecule has 0 fully saturated rings. The van der Waals surface area contributed by atoms with E-state index in [0.717, 1.165) is 10.6 Å². The summed E-state index contributed by atoms with van der Waals surface area (Å²) in [5.41, 5.74) is 1.95. The monoisotopic (exact) mass is 361 g/mol. The van der Waals surface area contributed by atoms with Crippen LogP contribution in [0.2, 0.25) is 0 Å². The highest BCUT2D eigenvalue weighted by Gasteiger charge is 2.14. The van der Waals surface area contributed by atoms with Gasteiger partial charge in [0.2, 0.25) is 0 Å². The number of nitrogens with one attached hydrogen (secondary N) is 1. The third-order valence-corrected chi connectivity index (χ3v) is 4.62. The summed E-state index contributed by atoms with van der Waals surface area (Å²) >= 11 is 1.40. The van der Waals surface area contributed by atoms with Crippen LogP contribution in [0, 0.1) is 0 Å². The maximum Gasteiger partial charge on any atom is 0.271 e. The van der Waals surface area contributed by atoms with Crippen LogP contribution in [0.1, 0.15) is 45.3 Å². The molecule has 2 aromatic rings. The maximum atomic E-state index is 12.2. The molecule has 1 N–H and O–H groups in total. The molecule has 1 heterocycles. The van der Waals surface area contributed by atoms with E-state index in [1.807, 2.05) is 26.0 Å². The van der Waals surface area contributed by atoms with E-state index < -0.39 is 0 Å². The Hall–Kier alpha value is -2.25. The Labute approximate surface area is 151 Å². The number of aromatic nitrogens is 1. The zero-order valence-electron chi connectivity index (χ0n) is 14.9. The Morgan fingerprint density at radius 3 is 2.56 bits per heavy atom. The molecule has 7 heteroatoms. The van der Waals surface area contributed by atoms with Crippen molar-refractivity contribution in [2.24, 2.45) is 0 Å². The first-order valence-electron chi connectivity index (χ1n) is 8.00. The van der Waals surface area contributed by atoms with E-state index in [0.29, 0.717) is 24.4 Å². The fourth-order valence-electron chi connectivity index (χ4n) is 2.08. The molecular weight excluding hydrogens is 338 g/mol. The van der Waals surface area contributed by atoms with Crippen LogP contribution in [-0.4, -0.2) is 41.9 Å². The molecule has 0 aliphatic rings. The molecule has 1 aromatic carbocycles. The van der Waals surface area contributed by atoms with E-state index in [9.17, 15) is 9.59 Å². The van der Waals surface area contributed by atoms with Gasteiger partial charge in [-0.3, -0.25) is 9.59 Å². The Balaban J connectivity index is 1.92. The smallest absolute Gasteiger partial charge is 0.271 e. The van der Waals surface area contributed by atoms with Gasteiger partial charge in [-0.25, -0.2) is 4.98 Å². The highest BCUT2D eigenvalue weighted by molar-refractivity contribution is 7.09. The summed E-state index contributed by atoms with van der Waals surface area (Å²) in [7, 11) is 3.38. The minimum absolute atomic E-state index is 0.0151. The van der Waals surface area contributed by atoms with Crippen molar-refractivity contribution in [2.45, 2.75) is 33.0 Å². The molecule has 0 aliphatic carbocycles. The summed E-state index contributed by atoms with van der Waals surface area (Å²) in [5.74, 6) is -0.239. The van der Waals surface area contributed by atoms with Crippen LogP contribution in [0.4, 0.5) is 0 Å². The van der Waals surface area contributed by atoms with Gasteiger partial charge in [0.05, 0.1) is 6.61 Å². The van der Waals surface area contributed by atoms with Crippen LogP contribution in [0.25, 0.3) is 0 Å². The summed E-state index contributed by atoms with van der Waals surface area (Å²) < 4.78 is 5.00. The van der Waals surface area contributed by atoms with Gasteiger partial charge in [-0.1, -0.05) is 12.1 Å². The van der Waals surface area contributed by atoms with Crippen molar-refractivity contribution in [3.05, 3.63) is 51.5 Å². The zero-order valence-corrected chi connectivity index (χ0v) is 15.7. The van der Waals surface area contributed by atoms with Crippen LogP contribution in [0.5, 0.6) is 0 Å². The maximum absolute atomic E-state index is 12.2. The lowest BCUT2D eigenvalue weighted by Gasteiger charge is -2.21. The van der Waals surface area contributed by atoms with E-state index >= 15 is 0 Å². The summed E-state index contributed by atoms with van der Waals surface area (Å²) in [4.78, 5) is 30.3. The van der Waals surface area contributed by atoms with Gasteiger partial charge in [0.1, 0.15) is 10.7 Å². The SMILES string of the molecule is COCc1nc(C(=O)NCc2ccc(C(=O)N(C)C(C)C)cc2)cs1. The number of amides is 2. The molecule has 2 amide bonds. The fourth-order valence-corrected chi connectivity index (χ4v) is 2.83. The highest BCUT2D eigenvalue weighted by atomic mass is 32.1. The predicted octanol–water partition coefficient (Wildman–Crippen LogP) is 2.70. The summed E-state index contributed by atoms with van der Waals surface area (Å²) in [6.07, 6.45) is 0. The van der Waals surface area contributed by atoms with Gasteiger partial charge >= 0.3 is 0 Å². The average Bonchev–Trinajstić information content (AvgIpc) is 3.08. The van der Waals surface area contributed by atoms with E-state index in [-0.39, 0.29) is 17.9 Å². The van der Waals surface area contributed by atoms with Gasteiger partial charge in [0.25, 0.3) is 11.8 Å². The lowest BCUT2D eigenvalue weighted by Crippen LogP contribution is -2.32. The second kappa shape index (κ2) is 8.73. The standard InChI is InChI=1S/C18H23N3O3S/c1-12(2)21(3)18(23)14-7-5-13(6-8-14)9-19-17(22)15-11-25-16(20-15)10-24-4/h5-8,11-12H,9-10H2,1-4H3,(H,19,22). The highest BCUT2D eigenvalue weighted by Crippen LogP contribution is 2.12. The Morgan fingerprint density at radius 1 is 1.28 bits per heavy atom. The fraction of sp³-hybridized carbons (Fsp3) is 0.389. The van der Waals surface area contributed by atoms with Gasteiger partial charge in [-0.15, -0.1) is 11.3 Å². The predicted molar refractivity (Wildman–Crippen MR) is 97.7 cm³/mol. The molecule has 25 heavy (non-hydrogen) atoms. The number of carbonyl (C=O) groups excluding carboxylic acids is 2.